The van der Waals surface area contributed by atoms with E-state index in [-0.39, 0.29) is 6.29 Å². The number of hydrogen-bond acceptors (Lipinski definition) is 4. The van der Waals surface area contributed by atoms with Crippen LogP contribution in [0.25, 0.3) is 0 Å². The molecule has 4 heteroatoms. The van der Waals surface area contributed by atoms with Crippen molar-refractivity contribution in [1.29, 1.82) is 0 Å². The van der Waals surface area contributed by atoms with Crippen molar-refractivity contribution >= 4 is 0 Å². The summed E-state index contributed by atoms with van der Waals surface area (Å²) in [6.45, 7) is 4.68. The Balaban J connectivity index is 1.79. The van der Waals surface area contributed by atoms with Crippen molar-refractivity contribution < 1.29 is 19.3 Å². The zero-order valence-corrected chi connectivity index (χ0v) is 17.2. The molecule has 0 saturated heterocycles. The van der Waals surface area contributed by atoms with Gasteiger partial charge in [-0.2, -0.15) is 0 Å². The number of unbranched alkanes of at least 4 members (excludes halogenated alkanes) is 12. The molecular weight excluding hydrogens is 328 g/mol. The fourth-order valence-electron chi connectivity index (χ4n) is 3.23. The Kier molecular flexibility index (Phi) is 14.7. The van der Waals surface area contributed by atoms with Crippen LogP contribution >= 0.6 is 0 Å². The summed E-state index contributed by atoms with van der Waals surface area (Å²) in [7, 11) is 0. The molecule has 0 bridgehead atoms. The summed E-state index contributed by atoms with van der Waals surface area (Å²) in [6.07, 6.45) is 19.8. The summed E-state index contributed by atoms with van der Waals surface area (Å²) >= 11 is 0. The Morgan fingerprint density at radius 1 is 0.923 bits per heavy atom. The summed E-state index contributed by atoms with van der Waals surface area (Å²) in [5, 5.41) is 9.15. The molecule has 1 rings (SSSR count). The number of ether oxygens (including phenoxy) is 3. The van der Waals surface area contributed by atoms with Gasteiger partial charge in [-0.1, -0.05) is 84.0 Å². The highest BCUT2D eigenvalue weighted by Crippen LogP contribution is 2.20. The normalized spacial score (nSPS) is 17.7. The van der Waals surface area contributed by atoms with Crippen molar-refractivity contribution in [2.24, 2.45) is 0 Å². The van der Waals surface area contributed by atoms with Crippen molar-refractivity contribution in [3.8, 4) is 0 Å². The average molecular weight is 371 g/mol. The molecule has 0 aromatic rings. The SMILES string of the molecule is CCCCCCCCCCCCCCCC1OC=C(COCC(C)O)O1. The molecule has 1 N–H and O–H groups in total. The smallest absolute Gasteiger partial charge is 0.240 e. The Morgan fingerprint density at radius 2 is 1.46 bits per heavy atom. The van der Waals surface area contributed by atoms with Crippen LogP contribution in [-0.2, 0) is 14.2 Å². The molecule has 26 heavy (non-hydrogen) atoms. The van der Waals surface area contributed by atoms with E-state index in [0.29, 0.717) is 13.2 Å². The fraction of sp³-hybridized carbons (Fsp3) is 0.909. The Labute approximate surface area is 161 Å². The zero-order valence-electron chi connectivity index (χ0n) is 17.2. The molecule has 0 aromatic heterocycles. The molecule has 0 aliphatic carbocycles. The lowest BCUT2D eigenvalue weighted by Gasteiger charge is -2.12. The van der Waals surface area contributed by atoms with Crippen LogP contribution in [0.3, 0.4) is 0 Å². The van der Waals surface area contributed by atoms with Crippen molar-refractivity contribution in [2.45, 2.75) is 116 Å². The minimum absolute atomic E-state index is 0.146. The maximum absolute atomic E-state index is 9.15. The van der Waals surface area contributed by atoms with Crippen molar-refractivity contribution in [3.63, 3.8) is 0 Å². The van der Waals surface area contributed by atoms with Gasteiger partial charge in [-0.05, 0) is 13.3 Å². The number of aliphatic hydroxyl groups excluding tert-OH is 1. The quantitative estimate of drug-likeness (QED) is 0.297. The molecule has 0 aromatic carbocycles. The van der Waals surface area contributed by atoms with Gasteiger partial charge in [-0.25, -0.2) is 0 Å². The van der Waals surface area contributed by atoms with E-state index in [1.165, 1.54) is 77.0 Å². The first-order valence-corrected chi connectivity index (χ1v) is 11.0. The maximum atomic E-state index is 9.15. The number of rotatable bonds is 18. The molecule has 1 aliphatic heterocycles. The van der Waals surface area contributed by atoms with Crippen molar-refractivity contribution in [2.75, 3.05) is 13.2 Å². The van der Waals surface area contributed by atoms with Gasteiger partial charge in [0.05, 0.1) is 12.7 Å². The Morgan fingerprint density at radius 3 is 2.00 bits per heavy atom. The first kappa shape index (κ1) is 23.3. The molecule has 0 fully saturated rings. The summed E-state index contributed by atoms with van der Waals surface area (Å²) in [4.78, 5) is 0. The number of hydrogen-bond donors (Lipinski definition) is 1. The Hall–Kier alpha value is -0.740. The average Bonchev–Trinajstić information content (AvgIpc) is 3.06. The second-order valence-electron chi connectivity index (χ2n) is 7.66. The molecule has 2 unspecified atom stereocenters. The monoisotopic (exact) mass is 370 g/mol. The van der Waals surface area contributed by atoms with Crippen LogP contribution in [-0.4, -0.2) is 30.7 Å². The highest BCUT2D eigenvalue weighted by Gasteiger charge is 2.18. The second kappa shape index (κ2) is 16.4. The second-order valence-corrected chi connectivity index (χ2v) is 7.66. The standard InChI is InChI=1S/C22H42O4/c1-3-4-5-6-7-8-9-10-11-12-13-14-15-16-22-25-19-21(26-22)18-24-17-20(2)23/h19-20,22-23H,3-18H2,1-2H3. The maximum Gasteiger partial charge on any atom is 0.240 e. The van der Waals surface area contributed by atoms with Gasteiger partial charge in [0.2, 0.25) is 6.29 Å². The highest BCUT2D eigenvalue weighted by molar-refractivity contribution is 4.92. The molecule has 0 amide bonds. The van der Waals surface area contributed by atoms with Gasteiger partial charge in [0.1, 0.15) is 12.9 Å². The Bertz CT molecular complexity index is 341. The molecule has 154 valence electrons. The van der Waals surface area contributed by atoms with Crippen LogP contribution in [0.4, 0.5) is 0 Å². The van der Waals surface area contributed by atoms with Crippen LogP contribution in [0.5, 0.6) is 0 Å². The minimum atomic E-state index is -0.445. The topological polar surface area (TPSA) is 47.9 Å². The van der Waals surface area contributed by atoms with Crippen LogP contribution in [0.15, 0.2) is 12.0 Å². The molecule has 0 saturated carbocycles. The van der Waals surface area contributed by atoms with Gasteiger partial charge < -0.3 is 19.3 Å². The third-order valence-electron chi connectivity index (χ3n) is 4.78. The molecular formula is C22H42O4. The molecule has 4 nitrogen and oxygen atoms in total. The van der Waals surface area contributed by atoms with Gasteiger partial charge in [0.25, 0.3) is 0 Å². The van der Waals surface area contributed by atoms with Crippen LogP contribution < -0.4 is 0 Å². The lowest BCUT2D eigenvalue weighted by atomic mass is 10.0. The van der Waals surface area contributed by atoms with Gasteiger partial charge in [-0.15, -0.1) is 0 Å². The first-order valence-electron chi connectivity index (χ1n) is 11.0. The van der Waals surface area contributed by atoms with Crippen LogP contribution in [0.1, 0.15) is 104 Å². The molecule has 1 heterocycles. The summed E-state index contributed by atoms with van der Waals surface area (Å²) in [5.74, 6) is 0.727. The lowest BCUT2D eigenvalue weighted by molar-refractivity contribution is -0.0498. The third-order valence-corrected chi connectivity index (χ3v) is 4.78. The van der Waals surface area contributed by atoms with E-state index in [1.807, 2.05) is 0 Å². The predicted octanol–water partition coefficient (Wildman–Crippen LogP) is 6.08. The highest BCUT2D eigenvalue weighted by atomic mass is 16.7. The predicted molar refractivity (Wildman–Crippen MR) is 107 cm³/mol. The molecule has 1 aliphatic rings. The number of aliphatic hydroxyl groups is 1. The molecule has 0 radical (unpaired) electrons. The van der Waals surface area contributed by atoms with E-state index in [2.05, 4.69) is 6.92 Å². The molecule has 0 spiro atoms. The van der Waals surface area contributed by atoms with E-state index in [9.17, 15) is 0 Å². The van der Waals surface area contributed by atoms with Gasteiger partial charge in [0.15, 0.2) is 5.76 Å². The van der Waals surface area contributed by atoms with Crippen LogP contribution in [0, 0.1) is 0 Å². The van der Waals surface area contributed by atoms with Gasteiger partial charge in [0, 0.05) is 6.42 Å². The van der Waals surface area contributed by atoms with Crippen molar-refractivity contribution in [1.82, 2.24) is 0 Å². The van der Waals surface area contributed by atoms with Crippen LogP contribution in [0.2, 0.25) is 0 Å². The van der Waals surface area contributed by atoms with E-state index < -0.39 is 6.10 Å². The van der Waals surface area contributed by atoms with E-state index in [4.69, 9.17) is 19.3 Å². The van der Waals surface area contributed by atoms with E-state index >= 15 is 0 Å². The third kappa shape index (κ3) is 13.5. The van der Waals surface area contributed by atoms with Gasteiger partial charge in [-0.3, -0.25) is 0 Å². The largest absolute Gasteiger partial charge is 0.459 e. The fourth-order valence-corrected chi connectivity index (χ4v) is 3.23. The lowest BCUT2D eigenvalue weighted by Crippen LogP contribution is -2.13. The first-order chi connectivity index (χ1) is 12.7. The summed E-state index contributed by atoms with van der Waals surface area (Å²) < 4.78 is 16.5. The van der Waals surface area contributed by atoms with E-state index in [0.717, 1.165) is 18.6 Å². The zero-order chi connectivity index (χ0) is 18.9. The minimum Gasteiger partial charge on any atom is -0.459 e. The van der Waals surface area contributed by atoms with E-state index in [1.54, 1.807) is 13.2 Å². The van der Waals surface area contributed by atoms with Crippen molar-refractivity contribution in [3.05, 3.63) is 12.0 Å². The summed E-state index contributed by atoms with van der Waals surface area (Å²) in [5.41, 5.74) is 0. The van der Waals surface area contributed by atoms with Gasteiger partial charge >= 0.3 is 0 Å². The summed E-state index contributed by atoms with van der Waals surface area (Å²) in [6, 6.07) is 0. The molecule has 2 atom stereocenters.